The number of halogens is 1. The van der Waals surface area contributed by atoms with E-state index in [-0.39, 0.29) is 18.0 Å². The second kappa shape index (κ2) is 7.31. The predicted octanol–water partition coefficient (Wildman–Crippen LogP) is 4.47. The van der Waals surface area contributed by atoms with Crippen LogP contribution >= 0.6 is 11.6 Å². The van der Waals surface area contributed by atoms with E-state index in [4.69, 9.17) is 16.3 Å². The summed E-state index contributed by atoms with van der Waals surface area (Å²) in [5, 5.41) is 1.02. The summed E-state index contributed by atoms with van der Waals surface area (Å²) in [5.74, 6) is 1.00. The summed E-state index contributed by atoms with van der Waals surface area (Å²) < 4.78 is 5.44. The summed E-state index contributed by atoms with van der Waals surface area (Å²) >= 11 is 5.86. The third-order valence-electron chi connectivity index (χ3n) is 6.50. The highest BCUT2D eigenvalue weighted by Gasteiger charge is 2.59. The number of rotatable bonds is 5. The first-order valence-electron chi connectivity index (χ1n) is 10.4. The van der Waals surface area contributed by atoms with Crippen LogP contribution in [0, 0.1) is 0 Å². The lowest BCUT2D eigenvalue weighted by Gasteiger charge is -2.42. The number of aromatic nitrogens is 1. The first-order valence-corrected chi connectivity index (χ1v) is 11.0. The number of carbonyl (C=O) groups is 2. The van der Waals surface area contributed by atoms with Crippen molar-refractivity contribution >= 4 is 34.4 Å². The van der Waals surface area contributed by atoms with Gasteiger partial charge in [-0.05, 0) is 42.7 Å². The minimum absolute atomic E-state index is 0.161. The van der Waals surface area contributed by atoms with E-state index < -0.39 is 5.54 Å². The van der Waals surface area contributed by atoms with Crippen molar-refractivity contribution in [3.05, 3.63) is 65.4 Å². The molecular formula is C24H24ClN3O3. The van der Waals surface area contributed by atoms with Crippen LogP contribution in [0.25, 0.3) is 10.9 Å². The molecule has 2 aliphatic heterocycles. The van der Waals surface area contributed by atoms with Crippen molar-refractivity contribution in [3.63, 3.8) is 0 Å². The number of benzene rings is 2. The number of fused-ring (bicyclic) bond motifs is 4. The minimum Gasteiger partial charge on any atom is -0.497 e. The number of ether oxygens (including phenoxy) is 1. The van der Waals surface area contributed by atoms with Gasteiger partial charge in [0.1, 0.15) is 17.3 Å². The van der Waals surface area contributed by atoms with Gasteiger partial charge < -0.3 is 9.72 Å². The number of H-pyrrole nitrogens is 1. The van der Waals surface area contributed by atoms with Crippen molar-refractivity contribution in [3.8, 4) is 5.75 Å². The summed E-state index contributed by atoms with van der Waals surface area (Å²) in [5.41, 5.74) is 2.98. The smallest absolute Gasteiger partial charge is 0.328 e. The van der Waals surface area contributed by atoms with Gasteiger partial charge in [0.05, 0.1) is 7.11 Å². The molecule has 3 aromatic rings. The maximum atomic E-state index is 13.5. The Morgan fingerprint density at radius 3 is 2.68 bits per heavy atom. The standard InChI is InChI=1S/C24H24ClN3O3/c1-24-14-18-17-13-16(31-2)9-10-19(17)26-20(18)21(15-7-4-3-5-8-15)28(24)23(30)27(22(24)29)12-6-11-25/h3-5,7-10,13,21,26H,6,11-12,14H2,1-2H3. The van der Waals surface area contributed by atoms with Crippen molar-refractivity contribution in [1.82, 2.24) is 14.8 Å². The lowest BCUT2D eigenvalue weighted by atomic mass is 9.81. The Kier molecular flexibility index (Phi) is 4.70. The summed E-state index contributed by atoms with van der Waals surface area (Å²) in [4.78, 5) is 33.7. The summed E-state index contributed by atoms with van der Waals surface area (Å²) in [6.07, 6.45) is 1.02. The number of carbonyl (C=O) groups excluding carboxylic acids is 2. The van der Waals surface area contributed by atoms with Crippen LogP contribution in [0.2, 0.25) is 0 Å². The molecule has 0 radical (unpaired) electrons. The third kappa shape index (κ3) is 2.85. The molecule has 2 aliphatic rings. The van der Waals surface area contributed by atoms with Crippen LogP contribution in [-0.2, 0) is 11.2 Å². The Hall–Kier alpha value is -2.99. The van der Waals surface area contributed by atoms with Crippen molar-refractivity contribution < 1.29 is 14.3 Å². The molecule has 3 amide bonds. The first-order chi connectivity index (χ1) is 15.0. The van der Waals surface area contributed by atoms with E-state index in [2.05, 4.69) is 4.98 Å². The molecule has 0 aliphatic carbocycles. The molecule has 3 heterocycles. The fourth-order valence-electron chi connectivity index (χ4n) is 5.02. The SMILES string of the molecule is COc1ccc2[nH]c3c(c2c1)CC1(C)C(=O)N(CCCCl)C(=O)N1C3c1ccccc1. The van der Waals surface area contributed by atoms with Gasteiger partial charge in [-0.3, -0.25) is 14.6 Å². The number of amides is 3. The van der Waals surface area contributed by atoms with Crippen molar-refractivity contribution in [2.75, 3.05) is 19.5 Å². The van der Waals surface area contributed by atoms with Crippen LogP contribution in [-0.4, -0.2) is 51.8 Å². The van der Waals surface area contributed by atoms with E-state index in [0.717, 1.165) is 33.5 Å². The van der Waals surface area contributed by atoms with E-state index in [1.807, 2.05) is 55.5 Å². The highest BCUT2D eigenvalue weighted by Crippen LogP contribution is 2.48. The van der Waals surface area contributed by atoms with Crippen LogP contribution < -0.4 is 4.74 Å². The number of nitrogens with zero attached hydrogens (tertiary/aromatic N) is 2. The largest absolute Gasteiger partial charge is 0.497 e. The quantitative estimate of drug-likeness (QED) is 0.473. The van der Waals surface area contributed by atoms with Gasteiger partial charge in [-0.2, -0.15) is 0 Å². The number of methoxy groups -OCH3 is 1. The fraction of sp³-hybridized carbons (Fsp3) is 0.333. The van der Waals surface area contributed by atoms with Crippen LogP contribution in [0.1, 0.15) is 36.2 Å². The van der Waals surface area contributed by atoms with Gasteiger partial charge >= 0.3 is 6.03 Å². The monoisotopic (exact) mass is 437 g/mol. The van der Waals surface area contributed by atoms with E-state index in [1.165, 1.54) is 4.90 Å². The molecule has 1 fully saturated rings. The van der Waals surface area contributed by atoms with Gasteiger partial charge in [-0.25, -0.2) is 4.79 Å². The van der Waals surface area contributed by atoms with Crippen LogP contribution in [0.5, 0.6) is 5.75 Å². The zero-order chi connectivity index (χ0) is 21.8. The number of hydrogen-bond acceptors (Lipinski definition) is 3. The Morgan fingerprint density at radius 2 is 1.97 bits per heavy atom. The molecule has 160 valence electrons. The molecule has 2 atom stereocenters. The van der Waals surface area contributed by atoms with Gasteiger partial charge in [0.15, 0.2) is 0 Å². The first kappa shape index (κ1) is 19.9. The van der Waals surface area contributed by atoms with E-state index in [0.29, 0.717) is 25.3 Å². The Balaban J connectivity index is 1.73. The van der Waals surface area contributed by atoms with Gasteiger partial charge in [0.25, 0.3) is 5.91 Å². The van der Waals surface area contributed by atoms with E-state index in [9.17, 15) is 9.59 Å². The highest BCUT2D eigenvalue weighted by molar-refractivity contribution is 6.18. The molecule has 31 heavy (non-hydrogen) atoms. The van der Waals surface area contributed by atoms with Gasteiger partial charge in [-0.15, -0.1) is 11.6 Å². The number of alkyl halides is 1. The predicted molar refractivity (Wildman–Crippen MR) is 120 cm³/mol. The number of hydrogen-bond donors (Lipinski definition) is 1. The average molecular weight is 438 g/mol. The molecule has 0 bridgehead atoms. The molecule has 2 unspecified atom stereocenters. The number of urea groups is 1. The Labute approximate surface area is 185 Å². The van der Waals surface area contributed by atoms with Gasteiger partial charge in [-0.1, -0.05) is 30.3 Å². The molecular weight excluding hydrogens is 414 g/mol. The van der Waals surface area contributed by atoms with E-state index >= 15 is 0 Å². The maximum absolute atomic E-state index is 13.5. The summed E-state index contributed by atoms with van der Waals surface area (Å²) in [6.45, 7) is 2.21. The average Bonchev–Trinajstić information content (AvgIpc) is 3.23. The minimum atomic E-state index is -0.963. The van der Waals surface area contributed by atoms with Crippen LogP contribution in [0.4, 0.5) is 4.79 Å². The Bertz CT molecular complexity index is 1180. The molecule has 2 aromatic carbocycles. The van der Waals surface area contributed by atoms with Crippen molar-refractivity contribution in [1.29, 1.82) is 0 Å². The lowest BCUT2D eigenvalue weighted by molar-refractivity contribution is -0.133. The van der Waals surface area contributed by atoms with Crippen molar-refractivity contribution in [2.24, 2.45) is 0 Å². The topological polar surface area (TPSA) is 65.6 Å². The molecule has 5 rings (SSSR count). The second-order valence-electron chi connectivity index (χ2n) is 8.34. The normalized spacial score (nSPS) is 22.7. The zero-order valence-electron chi connectivity index (χ0n) is 17.5. The van der Waals surface area contributed by atoms with E-state index in [1.54, 1.807) is 12.0 Å². The number of nitrogens with one attached hydrogen (secondary N) is 1. The molecule has 0 spiro atoms. The van der Waals surface area contributed by atoms with Crippen LogP contribution in [0.3, 0.4) is 0 Å². The summed E-state index contributed by atoms with van der Waals surface area (Å²) in [6, 6.07) is 15.1. The third-order valence-corrected chi connectivity index (χ3v) is 6.77. The molecule has 1 saturated heterocycles. The zero-order valence-corrected chi connectivity index (χ0v) is 18.3. The molecule has 1 aromatic heterocycles. The van der Waals surface area contributed by atoms with Crippen molar-refractivity contribution in [2.45, 2.75) is 31.3 Å². The van der Waals surface area contributed by atoms with Gasteiger partial charge in [0.2, 0.25) is 0 Å². The highest BCUT2D eigenvalue weighted by atomic mass is 35.5. The summed E-state index contributed by atoms with van der Waals surface area (Å²) in [7, 11) is 1.64. The van der Waals surface area contributed by atoms with Crippen LogP contribution in [0.15, 0.2) is 48.5 Å². The number of aromatic amines is 1. The lowest BCUT2D eigenvalue weighted by Crippen LogP contribution is -2.53. The molecule has 6 nitrogen and oxygen atoms in total. The molecule has 7 heteroatoms. The van der Waals surface area contributed by atoms with Gasteiger partial charge in [0, 0.05) is 35.4 Å². The molecule has 0 saturated carbocycles. The fourth-order valence-corrected chi connectivity index (χ4v) is 5.14. The number of imide groups is 1. The maximum Gasteiger partial charge on any atom is 0.328 e. The Morgan fingerprint density at radius 1 is 1.19 bits per heavy atom. The molecule has 1 N–H and O–H groups in total. The second-order valence-corrected chi connectivity index (χ2v) is 8.72.